The van der Waals surface area contributed by atoms with Crippen LogP contribution in [0.2, 0.25) is 0 Å². The topological polar surface area (TPSA) is 108 Å². The summed E-state index contributed by atoms with van der Waals surface area (Å²) in [5, 5.41) is 11.1. The standard InChI is InChI=1S/C17H20N2O6S/c1-10-6-13(19(20)21)8-17(12(10)3)26(22,23)18-14-9-16(25-5)15(24-4)7-11(14)2/h6-9,18H,1-5H3. The summed E-state index contributed by atoms with van der Waals surface area (Å²) in [6, 6.07) is 5.55. The molecule has 2 rings (SSSR count). The largest absolute Gasteiger partial charge is 0.493 e. The van der Waals surface area contributed by atoms with Gasteiger partial charge in [0.25, 0.3) is 15.7 Å². The third-order valence-corrected chi connectivity index (χ3v) is 5.57. The number of sulfonamides is 1. The van der Waals surface area contributed by atoms with Crippen molar-refractivity contribution >= 4 is 21.4 Å². The van der Waals surface area contributed by atoms with E-state index in [4.69, 9.17) is 9.47 Å². The lowest BCUT2D eigenvalue weighted by Gasteiger charge is -2.16. The van der Waals surface area contributed by atoms with Crippen LogP contribution < -0.4 is 14.2 Å². The number of hydrogen-bond donors (Lipinski definition) is 1. The SMILES string of the molecule is COc1cc(C)c(NS(=O)(=O)c2cc([N+](=O)[O-])cc(C)c2C)cc1OC. The van der Waals surface area contributed by atoms with Crippen molar-refractivity contribution in [2.24, 2.45) is 0 Å². The number of nitro groups is 1. The van der Waals surface area contributed by atoms with Crippen LogP contribution in [0.3, 0.4) is 0 Å². The highest BCUT2D eigenvalue weighted by Crippen LogP contribution is 2.34. The second-order valence-electron chi connectivity index (χ2n) is 5.77. The Hall–Kier alpha value is -2.81. The van der Waals surface area contributed by atoms with Crippen LogP contribution in [0.25, 0.3) is 0 Å². The lowest BCUT2D eigenvalue weighted by molar-refractivity contribution is -0.385. The second kappa shape index (κ2) is 7.20. The van der Waals surface area contributed by atoms with E-state index in [0.717, 1.165) is 6.07 Å². The average Bonchev–Trinajstić information content (AvgIpc) is 2.57. The molecule has 0 aliphatic carbocycles. The highest BCUT2D eigenvalue weighted by molar-refractivity contribution is 7.92. The number of ether oxygens (including phenoxy) is 2. The van der Waals surface area contributed by atoms with E-state index in [1.165, 1.54) is 26.4 Å². The Bertz CT molecular complexity index is 970. The molecule has 2 aromatic rings. The zero-order chi connectivity index (χ0) is 19.6. The monoisotopic (exact) mass is 380 g/mol. The van der Waals surface area contributed by atoms with E-state index in [0.29, 0.717) is 33.9 Å². The Balaban J connectivity index is 2.55. The van der Waals surface area contributed by atoms with Gasteiger partial charge in [0.2, 0.25) is 0 Å². The first-order valence-electron chi connectivity index (χ1n) is 7.61. The highest BCUT2D eigenvalue weighted by Gasteiger charge is 2.23. The predicted molar refractivity (Wildman–Crippen MR) is 97.7 cm³/mol. The van der Waals surface area contributed by atoms with Crippen molar-refractivity contribution < 1.29 is 22.8 Å². The van der Waals surface area contributed by atoms with Crippen molar-refractivity contribution in [1.82, 2.24) is 0 Å². The molecule has 0 bridgehead atoms. The summed E-state index contributed by atoms with van der Waals surface area (Å²) in [6.45, 7) is 4.95. The number of non-ortho nitro benzene ring substituents is 1. The molecule has 26 heavy (non-hydrogen) atoms. The molecule has 0 aliphatic heterocycles. The molecule has 0 saturated heterocycles. The summed E-state index contributed by atoms with van der Waals surface area (Å²) in [5.74, 6) is 0.832. The number of benzene rings is 2. The van der Waals surface area contributed by atoms with Gasteiger partial charge in [-0.3, -0.25) is 14.8 Å². The number of nitro benzene ring substituents is 1. The van der Waals surface area contributed by atoms with Crippen LogP contribution in [0.1, 0.15) is 16.7 Å². The van der Waals surface area contributed by atoms with Gasteiger partial charge in [-0.25, -0.2) is 8.42 Å². The molecule has 9 heteroatoms. The quantitative estimate of drug-likeness (QED) is 0.608. The zero-order valence-corrected chi connectivity index (χ0v) is 15.9. The fourth-order valence-electron chi connectivity index (χ4n) is 2.48. The molecule has 0 aliphatic rings. The number of nitrogens with zero attached hydrogens (tertiary/aromatic N) is 1. The number of hydrogen-bond acceptors (Lipinski definition) is 6. The Morgan fingerprint density at radius 1 is 0.962 bits per heavy atom. The molecule has 0 amide bonds. The van der Waals surface area contributed by atoms with E-state index in [2.05, 4.69) is 4.72 Å². The minimum Gasteiger partial charge on any atom is -0.493 e. The molecule has 1 N–H and O–H groups in total. The molecule has 0 saturated carbocycles. The molecular weight excluding hydrogens is 360 g/mol. The number of methoxy groups -OCH3 is 2. The maximum Gasteiger partial charge on any atom is 0.271 e. The fourth-order valence-corrected chi connectivity index (χ4v) is 3.94. The average molecular weight is 380 g/mol. The van der Waals surface area contributed by atoms with Crippen molar-refractivity contribution in [3.63, 3.8) is 0 Å². The first kappa shape index (κ1) is 19.5. The molecule has 2 aromatic carbocycles. The molecule has 0 unspecified atom stereocenters. The summed E-state index contributed by atoms with van der Waals surface area (Å²) < 4.78 is 38.6. The molecule has 0 fully saturated rings. The summed E-state index contributed by atoms with van der Waals surface area (Å²) in [6.07, 6.45) is 0. The number of aryl methyl sites for hydroxylation is 2. The number of anilines is 1. The Labute approximate surface area is 152 Å². The Morgan fingerprint density at radius 3 is 2.08 bits per heavy atom. The summed E-state index contributed by atoms with van der Waals surface area (Å²) in [5.41, 5.74) is 1.60. The van der Waals surface area contributed by atoms with Crippen LogP contribution in [0.5, 0.6) is 11.5 Å². The van der Waals surface area contributed by atoms with Crippen LogP contribution in [-0.4, -0.2) is 27.6 Å². The van der Waals surface area contributed by atoms with Gasteiger partial charge in [0.15, 0.2) is 11.5 Å². The maximum absolute atomic E-state index is 12.8. The van der Waals surface area contributed by atoms with E-state index in [-0.39, 0.29) is 10.6 Å². The van der Waals surface area contributed by atoms with E-state index < -0.39 is 14.9 Å². The molecule has 0 radical (unpaired) electrons. The van der Waals surface area contributed by atoms with Gasteiger partial charge < -0.3 is 9.47 Å². The lowest BCUT2D eigenvalue weighted by atomic mass is 10.1. The van der Waals surface area contributed by atoms with Gasteiger partial charge in [-0.1, -0.05) is 0 Å². The van der Waals surface area contributed by atoms with Crippen molar-refractivity contribution in [2.75, 3.05) is 18.9 Å². The number of nitrogens with one attached hydrogen (secondary N) is 1. The number of rotatable bonds is 6. The summed E-state index contributed by atoms with van der Waals surface area (Å²) in [7, 11) is -1.11. The van der Waals surface area contributed by atoms with Crippen LogP contribution >= 0.6 is 0 Å². The van der Waals surface area contributed by atoms with Crippen molar-refractivity contribution in [1.29, 1.82) is 0 Å². The van der Waals surface area contributed by atoms with Crippen LogP contribution in [0, 0.1) is 30.9 Å². The highest BCUT2D eigenvalue weighted by atomic mass is 32.2. The van der Waals surface area contributed by atoms with Crippen LogP contribution in [0.4, 0.5) is 11.4 Å². The van der Waals surface area contributed by atoms with Crippen molar-refractivity contribution in [3.8, 4) is 11.5 Å². The van der Waals surface area contributed by atoms with Gasteiger partial charge in [-0.2, -0.15) is 0 Å². The normalized spacial score (nSPS) is 11.1. The molecule has 0 spiro atoms. The molecule has 0 aromatic heterocycles. The molecular formula is C17H20N2O6S. The molecule has 140 valence electrons. The van der Waals surface area contributed by atoms with Crippen LogP contribution in [0.15, 0.2) is 29.2 Å². The molecule has 0 atom stereocenters. The van der Waals surface area contributed by atoms with E-state index in [1.54, 1.807) is 26.8 Å². The third kappa shape index (κ3) is 3.72. The Morgan fingerprint density at radius 2 is 1.54 bits per heavy atom. The maximum atomic E-state index is 12.8. The molecule has 0 heterocycles. The van der Waals surface area contributed by atoms with E-state index in [1.807, 2.05) is 0 Å². The first-order valence-corrected chi connectivity index (χ1v) is 9.10. The summed E-state index contributed by atoms with van der Waals surface area (Å²) in [4.78, 5) is 10.3. The lowest BCUT2D eigenvalue weighted by Crippen LogP contribution is -2.16. The van der Waals surface area contributed by atoms with Gasteiger partial charge >= 0.3 is 0 Å². The predicted octanol–water partition coefficient (Wildman–Crippen LogP) is 3.34. The third-order valence-electron chi connectivity index (χ3n) is 4.08. The van der Waals surface area contributed by atoms with E-state index in [9.17, 15) is 18.5 Å². The van der Waals surface area contributed by atoms with E-state index >= 15 is 0 Å². The van der Waals surface area contributed by atoms with Crippen molar-refractivity contribution in [2.45, 2.75) is 25.7 Å². The van der Waals surface area contributed by atoms with Gasteiger partial charge in [0.05, 0.1) is 29.7 Å². The second-order valence-corrected chi connectivity index (χ2v) is 7.42. The van der Waals surface area contributed by atoms with Gasteiger partial charge in [0, 0.05) is 18.2 Å². The van der Waals surface area contributed by atoms with Gasteiger partial charge in [-0.15, -0.1) is 0 Å². The van der Waals surface area contributed by atoms with Gasteiger partial charge in [0.1, 0.15) is 0 Å². The van der Waals surface area contributed by atoms with Gasteiger partial charge in [-0.05, 0) is 43.5 Å². The molecule has 8 nitrogen and oxygen atoms in total. The minimum absolute atomic E-state index is 0.140. The Kier molecular flexibility index (Phi) is 5.41. The van der Waals surface area contributed by atoms with Crippen LogP contribution in [-0.2, 0) is 10.0 Å². The van der Waals surface area contributed by atoms with Crippen molar-refractivity contribution in [3.05, 3.63) is 51.1 Å². The smallest absolute Gasteiger partial charge is 0.271 e. The summed E-state index contributed by atoms with van der Waals surface area (Å²) >= 11 is 0. The minimum atomic E-state index is -4.04. The first-order chi connectivity index (χ1) is 12.1. The fraction of sp³-hybridized carbons (Fsp3) is 0.294. The zero-order valence-electron chi connectivity index (χ0n) is 15.1.